The third-order valence-electron chi connectivity index (χ3n) is 4.97. The van der Waals surface area contributed by atoms with Crippen LogP contribution in [0.25, 0.3) is 0 Å². The number of ether oxygens (including phenoxy) is 2. The first-order valence-corrected chi connectivity index (χ1v) is 10.3. The van der Waals surface area contributed by atoms with Crippen LogP contribution >= 0.6 is 0 Å². The number of sulfonamides is 1. The second-order valence-corrected chi connectivity index (χ2v) is 8.83. The minimum atomic E-state index is -3.20. The average Bonchev–Trinajstić information content (AvgIpc) is 2.60. The lowest BCUT2D eigenvalue weighted by atomic mass is 9.73. The van der Waals surface area contributed by atoms with Crippen LogP contribution in [0.15, 0.2) is 24.5 Å². The summed E-state index contributed by atoms with van der Waals surface area (Å²) >= 11 is 0. The van der Waals surface area contributed by atoms with Gasteiger partial charge in [-0.1, -0.05) is 6.92 Å². The molecule has 0 bridgehead atoms. The topological polar surface area (TPSA) is 68.7 Å². The predicted molar refractivity (Wildman–Crippen MR) is 91.4 cm³/mol. The van der Waals surface area contributed by atoms with Crippen molar-refractivity contribution >= 4 is 10.0 Å². The van der Waals surface area contributed by atoms with Gasteiger partial charge in [-0.05, 0) is 37.8 Å². The van der Waals surface area contributed by atoms with Crippen LogP contribution in [0, 0.1) is 5.41 Å². The van der Waals surface area contributed by atoms with Crippen molar-refractivity contribution in [3.8, 4) is 5.75 Å². The molecule has 2 atom stereocenters. The lowest BCUT2D eigenvalue weighted by Gasteiger charge is -2.49. The Labute approximate surface area is 144 Å². The van der Waals surface area contributed by atoms with Crippen LogP contribution < -0.4 is 4.74 Å². The van der Waals surface area contributed by atoms with Crippen LogP contribution in [0.2, 0.25) is 0 Å². The average molecular weight is 354 g/mol. The fraction of sp³-hybridized carbons (Fsp3) is 0.706. The number of fused-ring (bicyclic) bond motifs is 1. The summed E-state index contributed by atoms with van der Waals surface area (Å²) < 4.78 is 38.6. The first-order chi connectivity index (χ1) is 11.6. The smallest absolute Gasteiger partial charge is 0.214 e. The second-order valence-electron chi connectivity index (χ2n) is 6.74. The number of hydrogen-bond acceptors (Lipinski definition) is 5. The molecule has 0 unspecified atom stereocenters. The van der Waals surface area contributed by atoms with E-state index in [4.69, 9.17) is 9.47 Å². The highest BCUT2D eigenvalue weighted by Crippen LogP contribution is 2.41. The summed E-state index contributed by atoms with van der Waals surface area (Å²) in [6.45, 7) is 4.14. The van der Waals surface area contributed by atoms with Gasteiger partial charge < -0.3 is 9.47 Å². The van der Waals surface area contributed by atoms with Gasteiger partial charge in [0.15, 0.2) is 0 Å². The molecule has 1 aromatic heterocycles. The first kappa shape index (κ1) is 17.6. The Morgan fingerprint density at radius 2 is 2.38 bits per heavy atom. The Hall–Kier alpha value is -1.18. The number of hydrogen-bond donors (Lipinski definition) is 0. The Balaban J connectivity index is 1.77. The van der Waals surface area contributed by atoms with Gasteiger partial charge in [0.25, 0.3) is 0 Å². The van der Waals surface area contributed by atoms with Crippen LogP contribution in [0.5, 0.6) is 5.75 Å². The highest BCUT2D eigenvalue weighted by molar-refractivity contribution is 7.89. The Morgan fingerprint density at radius 1 is 1.50 bits per heavy atom. The maximum Gasteiger partial charge on any atom is 0.214 e. The van der Waals surface area contributed by atoms with Crippen LogP contribution in [0.4, 0.5) is 0 Å². The molecule has 2 aliphatic rings. The van der Waals surface area contributed by atoms with Crippen molar-refractivity contribution in [1.82, 2.24) is 9.29 Å². The zero-order valence-electron chi connectivity index (χ0n) is 14.2. The van der Waals surface area contributed by atoms with Crippen molar-refractivity contribution in [2.24, 2.45) is 5.41 Å². The van der Waals surface area contributed by atoms with Gasteiger partial charge in [-0.25, -0.2) is 12.7 Å². The zero-order valence-corrected chi connectivity index (χ0v) is 15.0. The maximum atomic E-state index is 12.5. The first-order valence-electron chi connectivity index (χ1n) is 8.68. The lowest BCUT2D eigenvalue weighted by Crippen LogP contribution is -2.58. The van der Waals surface area contributed by atoms with E-state index in [1.54, 1.807) is 16.7 Å². The Bertz CT molecular complexity index is 637. The molecule has 0 aliphatic carbocycles. The zero-order chi connectivity index (χ0) is 17.0. The van der Waals surface area contributed by atoms with Crippen LogP contribution in [-0.4, -0.2) is 55.9 Å². The van der Waals surface area contributed by atoms with Gasteiger partial charge >= 0.3 is 0 Å². The lowest BCUT2D eigenvalue weighted by molar-refractivity contribution is -0.128. The quantitative estimate of drug-likeness (QED) is 0.782. The van der Waals surface area contributed by atoms with Crippen LogP contribution in [0.1, 0.15) is 32.6 Å². The summed E-state index contributed by atoms with van der Waals surface area (Å²) in [4.78, 5) is 4.07. The number of aromatic nitrogens is 1. The third-order valence-corrected chi connectivity index (χ3v) is 6.99. The van der Waals surface area contributed by atoms with Gasteiger partial charge in [-0.2, -0.15) is 0 Å². The SMILES string of the molecule is CCCS(=O)(=O)N1CC[C@@H]2OCCC[C@@]2(COc2cccnc2)C1. The molecule has 0 amide bonds. The molecule has 7 heteroatoms. The molecule has 6 nitrogen and oxygen atoms in total. The van der Waals surface area contributed by atoms with Crippen molar-refractivity contribution in [1.29, 1.82) is 0 Å². The third kappa shape index (κ3) is 3.73. The van der Waals surface area contributed by atoms with Crippen molar-refractivity contribution in [3.63, 3.8) is 0 Å². The summed E-state index contributed by atoms with van der Waals surface area (Å²) in [5.74, 6) is 0.919. The maximum absolute atomic E-state index is 12.5. The normalized spacial score (nSPS) is 28.3. The van der Waals surface area contributed by atoms with Crippen LogP contribution in [0.3, 0.4) is 0 Å². The molecule has 134 valence electrons. The minimum Gasteiger partial charge on any atom is -0.491 e. The molecule has 0 N–H and O–H groups in total. The van der Waals surface area contributed by atoms with Gasteiger partial charge in [0, 0.05) is 31.3 Å². The summed E-state index contributed by atoms with van der Waals surface area (Å²) in [6.07, 6.45) is 6.69. The molecule has 0 aromatic carbocycles. The number of piperidine rings is 1. The van der Waals surface area contributed by atoms with Gasteiger partial charge in [-0.15, -0.1) is 0 Å². The van der Waals surface area contributed by atoms with E-state index in [-0.39, 0.29) is 17.3 Å². The second kappa shape index (κ2) is 7.37. The minimum absolute atomic E-state index is 0.0657. The molecule has 0 radical (unpaired) electrons. The molecule has 3 heterocycles. The summed E-state index contributed by atoms with van der Waals surface area (Å²) in [6, 6.07) is 3.71. The molecule has 1 aromatic rings. The van der Waals surface area contributed by atoms with Crippen LogP contribution in [-0.2, 0) is 14.8 Å². The van der Waals surface area contributed by atoms with E-state index in [2.05, 4.69) is 4.98 Å². The van der Waals surface area contributed by atoms with Gasteiger partial charge in [0.1, 0.15) is 5.75 Å². The van der Waals surface area contributed by atoms with Crippen molar-refractivity contribution in [3.05, 3.63) is 24.5 Å². The van der Waals surface area contributed by atoms with E-state index in [0.717, 1.165) is 25.9 Å². The number of nitrogens with zero attached hydrogens (tertiary/aromatic N) is 2. The summed E-state index contributed by atoms with van der Waals surface area (Å²) in [7, 11) is -3.20. The Morgan fingerprint density at radius 3 is 3.12 bits per heavy atom. The van der Waals surface area contributed by atoms with E-state index in [1.165, 1.54) is 0 Å². The van der Waals surface area contributed by atoms with Crippen molar-refractivity contribution in [2.45, 2.75) is 38.7 Å². The largest absolute Gasteiger partial charge is 0.491 e. The monoisotopic (exact) mass is 354 g/mol. The number of pyridine rings is 1. The number of rotatable bonds is 6. The predicted octanol–water partition coefficient (Wildman–Crippen LogP) is 2.07. The van der Waals surface area contributed by atoms with Crippen molar-refractivity contribution in [2.75, 3.05) is 32.1 Å². The van der Waals surface area contributed by atoms with E-state index >= 15 is 0 Å². The molecule has 2 saturated heterocycles. The highest BCUT2D eigenvalue weighted by Gasteiger charge is 2.48. The molecule has 2 aliphatic heterocycles. The fourth-order valence-corrected chi connectivity index (χ4v) is 5.36. The Kier molecular flexibility index (Phi) is 5.42. The summed E-state index contributed by atoms with van der Waals surface area (Å²) in [5.41, 5.74) is -0.271. The molecule has 24 heavy (non-hydrogen) atoms. The van der Waals surface area contributed by atoms with Gasteiger partial charge in [0.05, 0.1) is 24.7 Å². The molecule has 0 spiro atoms. The van der Waals surface area contributed by atoms with Crippen molar-refractivity contribution < 1.29 is 17.9 Å². The molecule has 0 saturated carbocycles. The fourth-order valence-electron chi connectivity index (χ4n) is 3.74. The van der Waals surface area contributed by atoms with E-state index in [9.17, 15) is 8.42 Å². The molecular weight excluding hydrogens is 328 g/mol. The summed E-state index contributed by atoms with van der Waals surface area (Å²) in [5, 5.41) is 0. The highest BCUT2D eigenvalue weighted by atomic mass is 32.2. The molecule has 2 fully saturated rings. The van der Waals surface area contributed by atoms with E-state index < -0.39 is 10.0 Å². The van der Waals surface area contributed by atoms with E-state index in [1.807, 2.05) is 19.1 Å². The molecule has 3 rings (SSSR count). The standard InChI is InChI=1S/C17H26N2O4S/c1-2-11-24(20,21)19-9-6-16-17(13-19,7-4-10-22-16)14-23-15-5-3-8-18-12-15/h3,5,8,12,16H,2,4,6-7,9-11,13-14H2,1H3/t16-,17-/m0/s1. The van der Waals surface area contributed by atoms with Gasteiger partial charge in [0.2, 0.25) is 10.0 Å². The molecular formula is C17H26N2O4S. The van der Waals surface area contributed by atoms with E-state index in [0.29, 0.717) is 31.9 Å². The van der Waals surface area contributed by atoms with Gasteiger partial charge in [-0.3, -0.25) is 4.98 Å².